The molecule has 2 heterocycles. The van der Waals surface area contributed by atoms with E-state index in [1.165, 1.54) is 57.4 Å². The average molecular weight is 507 g/mol. The zero-order valence-electron chi connectivity index (χ0n) is 22.8. The lowest BCUT2D eigenvalue weighted by Crippen LogP contribution is -2.46. The van der Waals surface area contributed by atoms with Crippen LogP contribution in [0.2, 0.25) is 0 Å². The van der Waals surface area contributed by atoms with Gasteiger partial charge in [0, 0.05) is 25.3 Å². The van der Waals surface area contributed by atoms with Gasteiger partial charge in [-0.3, -0.25) is 4.90 Å². The first-order chi connectivity index (χ1) is 18.2. The van der Waals surface area contributed by atoms with Crippen LogP contribution in [0.3, 0.4) is 0 Å². The largest absolute Gasteiger partial charge is 0.494 e. The van der Waals surface area contributed by atoms with Gasteiger partial charge in [0.05, 0.1) is 6.61 Å². The zero-order valence-corrected chi connectivity index (χ0v) is 22.8. The number of ether oxygens (including phenoxy) is 1. The van der Waals surface area contributed by atoms with Gasteiger partial charge >= 0.3 is 6.03 Å². The van der Waals surface area contributed by atoms with Crippen LogP contribution in [0.15, 0.2) is 54.6 Å². The molecule has 2 fully saturated rings. The Bertz CT molecular complexity index is 887. The first-order valence-electron chi connectivity index (χ1n) is 14.4. The van der Waals surface area contributed by atoms with Crippen LogP contribution in [0.5, 0.6) is 5.75 Å². The number of carbonyl (C=O) groups is 1. The summed E-state index contributed by atoms with van der Waals surface area (Å²) in [6.45, 7) is 12.0. The van der Waals surface area contributed by atoms with Gasteiger partial charge in [0.2, 0.25) is 0 Å². The van der Waals surface area contributed by atoms with Crippen LogP contribution in [0.25, 0.3) is 0 Å². The second-order valence-corrected chi connectivity index (χ2v) is 10.6. The summed E-state index contributed by atoms with van der Waals surface area (Å²) in [5.74, 6) is 0.876. The van der Waals surface area contributed by atoms with Gasteiger partial charge in [-0.05, 0) is 115 Å². The predicted molar refractivity (Wildman–Crippen MR) is 153 cm³/mol. The lowest BCUT2D eigenvalue weighted by atomic mass is 10.2. The molecule has 2 saturated heterocycles. The van der Waals surface area contributed by atoms with Crippen LogP contribution in [0, 0.1) is 6.92 Å². The first kappa shape index (κ1) is 27.5. The van der Waals surface area contributed by atoms with Crippen molar-refractivity contribution in [3.63, 3.8) is 0 Å². The monoisotopic (exact) mass is 506 g/mol. The molecule has 2 amide bonds. The number of aryl methyl sites for hydroxylation is 1. The van der Waals surface area contributed by atoms with Crippen LogP contribution in [-0.4, -0.2) is 86.2 Å². The molecule has 0 radical (unpaired) electrons. The maximum atomic E-state index is 14.0. The highest BCUT2D eigenvalue weighted by Crippen LogP contribution is 2.19. The first-order valence-corrected chi connectivity index (χ1v) is 14.4. The molecule has 0 N–H and O–H groups in total. The molecule has 2 aliphatic heterocycles. The van der Waals surface area contributed by atoms with Crippen LogP contribution in [-0.2, 0) is 0 Å². The third kappa shape index (κ3) is 9.04. The van der Waals surface area contributed by atoms with Crippen molar-refractivity contribution in [2.24, 2.45) is 0 Å². The number of amides is 2. The van der Waals surface area contributed by atoms with E-state index in [0.29, 0.717) is 13.2 Å². The molecule has 2 aliphatic rings. The lowest BCUT2D eigenvalue weighted by molar-refractivity contribution is 0.194. The van der Waals surface area contributed by atoms with Crippen molar-refractivity contribution in [1.82, 2.24) is 14.7 Å². The van der Waals surface area contributed by atoms with Crippen molar-refractivity contribution in [2.45, 2.75) is 51.9 Å². The number of hydrogen-bond acceptors (Lipinski definition) is 4. The molecule has 6 heteroatoms. The van der Waals surface area contributed by atoms with Crippen LogP contribution >= 0.6 is 0 Å². The maximum Gasteiger partial charge on any atom is 0.324 e. The number of carbonyl (C=O) groups excluding carboxylic acids is 1. The lowest BCUT2D eigenvalue weighted by Gasteiger charge is -2.32. The van der Waals surface area contributed by atoms with Crippen molar-refractivity contribution in [2.75, 3.05) is 70.4 Å². The highest BCUT2D eigenvalue weighted by Gasteiger charge is 2.23. The second-order valence-electron chi connectivity index (χ2n) is 10.6. The normalized spacial score (nSPS) is 16.2. The Hall–Kier alpha value is -2.57. The van der Waals surface area contributed by atoms with E-state index in [1.807, 2.05) is 35.2 Å². The third-order valence-electron chi connectivity index (χ3n) is 7.59. The molecule has 0 spiro atoms. The highest BCUT2D eigenvalue weighted by molar-refractivity contribution is 5.92. The SMILES string of the molecule is Cc1ccc(N(CCCOc2ccccc2)C(=O)N(CCCN2CCCC2)CCCN2CCCC2)cc1. The van der Waals surface area contributed by atoms with Gasteiger partial charge in [0.1, 0.15) is 5.75 Å². The standard InChI is InChI=1S/C31H46N4O2/c1-28-14-16-29(17-15-28)35(26-11-27-37-30-12-3-2-4-13-30)31(36)34(24-9-22-32-18-5-6-19-32)25-10-23-33-20-7-8-21-33/h2-4,12-17H,5-11,18-27H2,1H3. The highest BCUT2D eigenvalue weighted by atomic mass is 16.5. The quantitative estimate of drug-likeness (QED) is 0.310. The number of likely N-dealkylation sites (tertiary alicyclic amines) is 2. The Morgan fingerprint density at radius 2 is 1.32 bits per heavy atom. The number of nitrogens with zero attached hydrogens (tertiary/aromatic N) is 4. The summed E-state index contributed by atoms with van der Waals surface area (Å²) < 4.78 is 5.93. The van der Waals surface area contributed by atoms with Crippen LogP contribution in [0.1, 0.15) is 50.5 Å². The fourth-order valence-corrected chi connectivity index (χ4v) is 5.45. The number of anilines is 1. The number of benzene rings is 2. The smallest absolute Gasteiger partial charge is 0.324 e. The second kappa shape index (κ2) is 15.0. The molecule has 4 rings (SSSR count). The number of hydrogen-bond donors (Lipinski definition) is 0. The van der Waals surface area contributed by atoms with Crippen molar-refractivity contribution in [3.8, 4) is 5.75 Å². The Kier molecular flexibility index (Phi) is 11.1. The Labute approximate surface area is 224 Å². The Balaban J connectivity index is 1.38. The van der Waals surface area contributed by atoms with E-state index < -0.39 is 0 Å². The minimum atomic E-state index is 0.131. The fraction of sp³-hybridized carbons (Fsp3) is 0.581. The molecule has 2 aromatic rings. The number of para-hydroxylation sites is 1. The van der Waals surface area contributed by atoms with Gasteiger partial charge in [0.25, 0.3) is 0 Å². The molecule has 202 valence electrons. The summed E-state index contributed by atoms with van der Waals surface area (Å²) in [4.78, 5) is 23.2. The molecule has 0 aliphatic carbocycles. The van der Waals surface area contributed by atoms with E-state index in [2.05, 4.69) is 45.9 Å². The maximum absolute atomic E-state index is 14.0. The van der Waals surface area contributed by atoms with E-state index in [1.54, 1.807) is 0 Å². The third-order valence-corrected chi connectivity index (χ3v) is 7.59. The van der Waals surface area contributed by atoms with Crippen molar-refractivity contribution in [1.29, 1.82) is 0 Å². The van der Waals surface area contributed by atoms with Gasteiger partial charge in [-0.1, -0.05) is 35.9 Å². The van der Waals surface area contributed by atoms with Crippen LogP contribution in [0.4, 0.5) is 10.5 Å². The minimum Gasteiger partial charge on any atom is -0.494 e. The van der Waals surface area contributed by atoms with E-state index >= 15 is 0 Å². The van der Waals surface area contributed by atoms with Crippen molar-refractivity contribution >= 4 is 11.7 Å². The van der Waals surface area contributed by atoms with E-state index in [0.717, 1.165) is 56.9 Å². The van der Waals surface area contributed by atoms with Gasteiger partial charge < -0.3 is 19.4 Å². The Morgan fingerprint density at radius 1 is 0.757 bits per heavy atom. The van der Waals surface area contributed by atoms with Gasteiger partial charge in [-0.25, -0.2) is 4.79 Å². The fourth-order valence-electron chi connectivity index (χ4n) is 5.45. The summed E-state index contributed by atoms with van der Waals surface area (Å²) in [6, 6.07) is 18.4. The number of urea groups is 1. The number of rotatable bonds is 14. The molecule has 0 bridgehead atoms. The van der Waals surface area contributed by atoms with Gasteiger partial charge in [0.15, 0.2) is 0 Å². The van der Waals surface area contributed by atoms with Gasteiger partial charge in [-0.2, -0.15) is 0 Å². The summed E-state index contributed by atoms with van der Waals surface area (Å²) in [6.07, 6.45) is 8.09. The molecule has 0 aromatic heterocycles. The summed E-state index contributed by atoms with van der Waals surface area (Å²) in [7, 11) is 0. The molecule has 6 nitrogen and oxygen atoms in total. The van der Waals surface area contributed by atoms with Crippen molar-refractivity contribution in [3.05, 3.63) is 60.2 Å². The summed E-state index contributed by atoms with van der Waals surface area (Å²) in [5, 5.41) is 0. The molecule has 0 saturated carbocycles. The van der Waals surface area contributed by atoms with Crippen molar-refractivity contribution < 1.29 is 9.53 Å². The molecule has 2 aromatic carbocycles. The van der Waals surface area contributed by atoms with E-state index in [4.69, 9.17) is 4.74 Å². The molecule has 37 heavy (non-hydrogen) atoms. The predicted octanol–water partition coefficient (Wildman–Crippen LogP) is 5.66. The van der Waals surface area contributed by atoms with E-state index in [-0.39, 0.29) is 6.03 Å². The average Bonchev–Trinajstić information content (AvgIpc) is 3.64. The van der Waals surface area contributed by atoms with E-state index in [9.17, 15) is 4.79 Å². The molecule has 0 unspecified atom stereocenters. The zero-order chi connectivity index (χ0) is 25.7. The van der Waals surface area contributed by atoms with Crippen LogP contribution < -0.4 is 9.64 Å². The topological polar surface area (TPSA) is 39.3 Å². The molecular formula is C31H46N4O2. The molecular weight excluding hydrogens is 460 g/mol. The molecule has 0 atom stereocenters. The van der Waals surface area contributed by atoms with Gasteiger partial charge in [-0.15, -0.1) is 0 Å². The Morgan fingerprint density at radius 3 is 1.89 bits per heavy atom. The minimum absolute atomic E-state index is 0.131. The summed E-state index contributed by atoms with van der Waals surface area (Å²) in [5.41, 5.74) is 2.18. The summed E-state index contributed by atoms with van der Waals surface area (Å²) >= 11 is 0.